The molecule has 23 heteroatoms. The van der Waals surface area contributed by atoms with Gasteiger partial charge in [0, 0.05) is 11.3 Å². The highest BCUT2D eigenvalue weighted by molar-refractivity contribution is 6.34. The highest BCUT2D eigenvalue weighted by Crippen LogP contribution is 2.45. The van der Waals surface area contributed by atoms with Crippen LogP contribution in [0.2, 0.25) is 10.0 Å². The average molecular weight is 918 g/mol. The molecule has 6 aromatic rings. The predicted octanol–water partition coefficient (Wildman–Crippen LogP) is 9.16. The van der Waals surface area contributed by atoms with E-state index < -0.39 is 82.2 Å². The minimum atomic E-state index is -5.31. The molecule has 0 bridgehead atoms. The van der Waals surface area contributed by atoms with Gasteiger partial charge in [-0.05, 0) is 51.8 Å². The third-order valence-corrected chi connectivity index (χ3v) is 10.3. The molecule has 1 aliphatic rings. The summed E-state index contributed by atoms with van der Waals surface area (Å²) in [5.74, 6) is -3.42. The third-order valence-electron chi connectivity index (χ3n) is 9.64. The number of ether oxygens (including phenoxy) is 2. The normalized spacial score (nSPS) is 16.9. The predicted molar refractivity (Wildman–Crippen MR) is 204 cm³/mol. The number of hydrogen-bond acceptors (Lipinski definition) is 12. The molecule has 2 N–H and O–H groups in total. The Morgan fingerprint density at radius 3 is 2.08 bits per heavy atom. The van der Waals surface area contributed by atoms with Gasteiger partial charge in [0.2, 0.25) is 0 Å². The minimum Gasteiger partial charge on any atom is -0.465 e. The van der Waals surface area contributed by atoms with Gasteiger partial charge < -0.3 is 28.7 Å². The van der Waals surface area contributed by atoms with Crippen LogP contribution < -0.4 is 0 Å². The average Bonchev–Trinajstić information content (AvgIpc) is 3.98. The fourth-order valence-corrected chi connectivity index (χ4v) is 7.24. The molecule has 1 fully saturated rings. The number of halogens is 9. The van der Waals surface area contributed by atoms with Gasteiger partial charge in [-0.2, -0.15) is 36.5 Å². The van der Waals surface area contributed by atoms with E-state index in [4.69, 9.17) is 41.7 Å². The molecular weight excluding hydrogens is 884 g/mol. The second-order valence-electron chi connectivity index (χ2n) is 14.1. The fourth-order valence-electron chi connectivity index (χ4n) is 6.76. The molecule has 1 atom stereocenters. The van der Waals surface area contributed by atoms with Gasteiger partial charge >= 0.3 is 24.3 Å². The first-order chi connectivity index (χ1) is 29.1. The number of aliphatic hydroxyl groups excluding tert-OH is 1. The molecule has 0 aliphatic heterocycles. The van der Waals surface area contributed by atoms with Gasteiger partial charge in [0.1, 0.15) is 28.3 Å². The van der Waals surface area contributed by atoms with Gasteiger partial charge in [0.25, 0.3) is 0 Å². The van der Waals surface area contributed by atoms with Crippen LogP contribution in [0.25, 0.3) is 45.2 Å². The summed E-state index contributed by atoms with van der Waals surface area (Å²) in [4.78, 5) is 25.2. The number of alkyl halides is 6. The van der Waals surface area contributed by atoms with E-state index >= 15 is 0 Å². The standard InChI is InChI=1S/C20H20ClN3O4.C19H13ClF7N3O4/c1-11-14(10-22-24(11)12-8-20(2,26)9-12)18-16(19(25)27-3)17(23-28-18)13-6-4-5-7-15(13)21;1-2-33-17(32)13-14(12-9(20)4-3-5-10(12)21)29-34-15(13)8-6-28-30(16(8)19(25,26)27)7-11(31)18(22,23)24/h4-7,10,12,26H,8-9H2,1-3H3;3-6,11,31H,2,7H2,1H3/t;11-/m.1/s1. The van der Waals surface area contributed by atoms with Crippen LogP contribution in [0, 0.1) is 12.7 Å². The first-order valence-corrected chi connectivity index (χ1v) is 18.9. The van der Waals surface area contributed by atoms with Crippen molar-refractivity contribution < 1.29 is 69.1 Å². The van der Waals surface area contributed by atoms with Crippen molar-refractivity contribution in [3.63, 3.8) is 0 Å². The Bertz CT molecular complexity index is 2590. The van der Waals surface area contributed by atoms with Crippen LogP contribution in [0.4, 0.5) is 30.7 Å². The number of hydrogen-bond donors (Lipinski definition) is 2. The van der Waals surface area contributed by atoms with Gasteiger partial charge in [0.05, 0.1) is 71.0 Å². The number of carbonyl (C=O) groups is 2. The number of aliphatic hydroxyl groups is 2. The van der Waals surface area contributed by atoms with Crippen molar-refractivity contribution in [2.24, 2.45) is 0 Å². The maximum atomic E-state index is 14.5. The molecule has 1 aliphatic carbocycles. The lowest BCUT2D eigenvalue weighted by atomic mass is 9.77. The zero-order chi connectivity index (χ0) is 45.5. The van der Waals surface area contributed by atoms with Crippen LogP contribution in [-0.2, 0) is 22.2 Å². The van der Waals surface area contributed by atoms with Crippen LogP contribution in [-0.4, -0.2) is 83.6 Å². The first kappa shape index (κ1) is 45.7. The molecule has 1 saturated carbocycles. The minimum absolute atomic E-state index is 0.108. The van der Waals surface area contributed by atoms with Crippen LogP contribution >= 0.6 is 23.2 Å². The number of benzene rings is 2. The molecule has 4 heterocycles. The van der Waals surface area contributed by atoms with Gasteiger partial charge in [-0.25, -0.2) is 14.0 Å². The second kappa shape index (κ2) is 17.5. The third kappa shape index (κ3) is 9.06. The maximum Gasteiger partial charge on any atom is 0.433 e. The molecule has 0 saturated heterocycles. The topological polar surface area (TPSA) is 181 Å². The van der Waals surface area contributed by atoms with Crippen molar-refractivity contribution in [1.82, 2.24) is 29.9 Å². The summed E-state index contributed by atoms with van der Waals surface area (Å²) < 4.78 is 116. The van der Waals surface area contributed by atoms with E-state index in [1.54, 1.807) is 24.4 Å². The SMILES string of the molecule is CCOC(=O)c1c(-c2c(F)cccc2Cl)noc1-c1cnn(C[C@@H](O)C(F)(F)F)c1C(F)(F)F.COC(=O)c1c(-c2ccccc2Cl)noc1-c1cnn(C2CC(C)(O)C2)c1C. The number of nitrogens with zero attached hydrogens (tertiary/aromatic N) is 6. The Balaban J connectivity index is 0.000000210. The van der Waals surface area contributed by atoms with E-state index in [2.05, 4.69) is 20.5 Å². The molecule has 0 unspecified atom stereocenters. The van der Waals surface area contributed by atoms with E-state index in [9.17, 15) is 50.5 Å². The van der Waals surface area contributed by atoms with E-state index in [1.807, 2.05) is 24.6 Å². The Morgan fingerprint density at radius 1 is 0.903 bits per heavy atom. The van der Waals surface area contributed by atoms with Crippen LogP contribution in [0.15, 0.2) is 63.9 Å². The van der Waals surface area contributed by atoms with E-state index in [0.717, 1.165) is 11.8 Å². The largest absolute Gasteiger partial charge is 0.465 e. The molecule has 330 valence electrons. The summed E-state index contributed by atoms with van der Waals surface area (Å²) in [5, 5.41) is 34.7. The maximum absolute atomic E-state index is 14.5. The molecule has 62 heavy (non-hydrogen) atoms. The smallest absolute Gasteiger partial charge is 0.433 e. The van der Waals surface area contributed by atoms with Crippen molar-refractivity contribution in [2.45, 2.75) is 70.3 Å². The van der Waals surface area contributed by atoms with Crippen molar-refractivity contribution in [3.8, 4) is 45.2 Å². The number of rotatable bonds is 10. The van der Waals surface area contributed by atoms with Crippen LogP contribution in [0.5, 0.6) is 0 Å². The fraction of sp³-hybridized carbons (Fsp3) is 0.333. The van der Waals surface area contributed by atoms with Crippen LogP contribution in [0.1, 0.15) is 64.8 Å². The highest BCUT2D eigenvalue weighted by Gasteiger charge is 2.45. The summed E-state index contributed by atoms with van der Waals surface area (Å²) in [6, 6.07) is 10.6. The number of methoxy groups -OCH3 is 1. The monoisotopic (exact) mass is 916 g/mol. The van der Waals surface area contributed by atoms with Crippen molar-refractivity contribution >= 4 is 35.1 Å². The van der Waals surface area contributed by atoms with Crippen molar-refractivity contribution in [2.75, 3.05) is 13.7 Å². The highest BCUT2D eigenvalue weighted by atomic mass is 35.5. The molecule has 2 aromatic carbocycles. The molecule has 0 spiro atoms. The lowest BCUT2D eigenvalue weighted by molar-refractivity contribution is -0.209. The number of aromatic nitrogens is 6. The molecular formula is C39H33Cl2F7N6O8. The Kier molecular flexibility index (Phi) is 12.9. The zero-order valence-electron chi connectivity index (χ0n) is 32.6. The molecule has 0 amide bonds. The first-order valence-electron chi connectivity index (χ1n) is 18.2. The molecule has 0 radical (unpaired) electrons. The molecule has 14 nitrogen and oxygen atoms in total. The summed E-state index contributed by atoms with van der Waals surface area (Å²) >= 11 is 12.3. The quantitative estimate of drug-likeness (QED) is 0.0984. The number of carbonyl (C=O) groups excluding carboxylic acids is 2. The van der Waals surface area contributed by atoms with Gasteiger partial charge in [-0.15, -0.1) is 0 Å². The lowest BCUT2D eigenvalue weighted by Crippen LogP contribution is -2.42. The zero-order valence-corrected chi connectivity index (χ0v) is 34.1. The van der Waals surface area contributed by atoms with Gasteiger partial charge in [0.15, 0.2) is 23.3 Å². The Hall–Kier alpha value is -5.77. The lowest BCUT2D eigenvalue weighted by Gasteiger charge is -2.41. The Morgan fingerprint density at radius 2 is 1.50 bits per heavy atom. The van der Waals surface area contributed by atoms with Gasteiger partial charge in [-0.1, -0.05) is 57.8 Å². The summed E-state index contributed by atoms with van der Waals surface area (Å²) in [6.45, 7) is 3.25. The molecule has 7 rings (SSSR count). The van der Waals surface area contributed by atoms with E-state index in [-0.39, 0.29) is 33.7 Å². The van der Waals surface area contributed by atoms with Gasteiger partial charge in [-0.3, -0.25) is 9.36 Å². The van der Waals surface area contributed by atoms with E-state index in [0.29, 0.717) is 40.9 Å². The second-order valence-corrected chi connectivity index (χ2v) is 14.9. The van der Waals surface area contributed by atoms with Crippen LogP contribution in [0.3, 0.4) is 0 Å². The Labute approximate surface area is 355 Å². The molecule has 4 aromatic heterocycles. The summed E-state index contributed by atoms with van der Waals surface area (Å²) in [5.41, 5.74) is -2.66. The van der Waals surface area contributed by atoms with Crippen molar-refractivity contribution in [3.05, 3.63) is 93.2 Å². The van der Waals surface area contributed by atoms with E-state index in [1.165, 1.54) is 26.2 Å². The summed E-state index contributed by atoms with van der Waals surface area (Å²) in [6.07, 6.45) is -10.3. The number of esters is 2. The summed E-state index contributed by atoms with van der Waals surface area (Å²) in [7, 11) is 1.31. The van der Waals surface area contributed by atoms with Crippen molar-refractivity contribution in [1.29, 1.82) is 0 Å².